The summed E-state index contributed by atoms with van der Waals surface area (Å²) in [5.41, 5.74) is 3.78. The lowest BCUT2D eigenvalue weighted by molar-refractivity contribution is -0.115. The van der Waals surface area contributed by atoms with Gasteiger partial charge < -0.3 is 5.32 Å². The second-order valence-corrected chi connectivity index (χ2v) is 7.46. The summed E-state index contributed by atoms with van der Waals surface area (Å²) in [5, 5.41) is 2.90. The Morgan fingerprint density at radius 2 is 2.04 bits per heavy atom. The first-order valence-corrected chi connectivity index (χ1v) is 9.55. The molecule has 2 aromatic rings. The van der Waals surface area contributed by atoms with Gasteiger partial charge in [0.1, 0.15) is 5.82 Å². The van der Waals surface area contributed by atoms with E-state index in [1.807, 2.05) is 12.1 Å². The van der Waals surface area contributed by atoms with Crippen LogP contribution in [0.15, 0.2) is 54.6 Å². The zero-order valence-corrected chi connectivity index (χ0v) is 16.0. The van der Waals surface area contributed by atoms with E-state index in [0.29, 0.717) is 11.5 Å². The molecule has 3 nitrogen and oxygen atoms in total. The summed E-state index contributed by atoms with van der Waals surface area (Å²) in [6.07, 6.45) is 5.52. The summed E-state index contributed by atoms with van der Waals surface area (Å²) >= 11 is 0. The number of carbonyl (C=O) groups excluding carboxylic acids is 1. The first-order chi connectivity index (χ1) is 13.0. The van der Waals surface area contributed by atoms with Gasteiger partial charge in [-0.25, -0.2) is 4.39 Å². The number of benzene rings is 2. The van der Waals surface area contributed by atoms with Gasteiger partial charge in [-0.2, -0.15) is 0 Å². The fraction of sp³-hybridized carbons (Fsp3) is 0.348. The van der Waals surface area contributed by atoms with Crippen molar-refractivity contribution in [1.29, 1.82) is 0 Å². The van der Waals surface area contributed by atoms with Crippen molar-refractivity contribution in [2.45, 2.75) is 33.2 Å². The molecular formula is C23H27FN2O. The number of fused-ring (bicyclic) bond motifs is 1. The molecule has 0 bridgehead atoms. The number of nitrogens with zero attached hydrogens (tertiary/aromatic N) is 1. The molecule has 1 N–H and O–H groups in total. The third-order valence-electron chi connectivity index (χ3n) is 4.77. The van der Waals surface area contributed by atoms with Gasteiger partial charge in [-0.1, -0.05) is 50.3 Å². The molecule has 1 heterocycles. The minimum Gasteiger partial charge on any atom is -0.326 e. The summed E-state index contributed by atoms with van der Waals surface area (Å²) in [5.74, 6) is 0.0223. The van der Waals surface area contributed by atoms with Crippen LogP contribution in [0.3, 0.4) is 0 Å². The molecular weight excluding hydrogens is 339 g/mol. The highest BCUT2D eigenvalue weighted by Gasteiger charge is 2.16. The fourth-order valence-corrected chi connectivity index (χ4v) is 3.35. The first-order valence-electron chi connectivity index (χ1n) is 9.55. The van der Waals surface area contributed by atoms with Gasteiger partial charge in [-0.05, 0) is 47.2 Å². The van der Waals surface area contributed by atoms with Crippen molar-refractivity contribution >= 4 is 11.6 Å². The summed E-state index contributed by atoms with van der Waals surface area (Å²) in [6, 6.07) is 12.5. The van der Waals surface area contributed by atoms with Crippen molar-refractivity contribution in [2.24, 2.45) is 5.92 Å². The molecule has 1 aliphatic heterocycles. The number of hydrogen-bond acceptors (Lipinski definition) is 2. The number of amides is 1. The Balaban J connectivity index is 1.62. The molecule has 0 saturated heterocycles. The van der Waals surface area contributed by atoms with Gasteiger partial charge in [-0.3, -0.25) is 9.69 Å². The molecule has 0 radical (unpaired) electrons. The lowest BCUT2D eigenvalue weighted by atomic mass is 9.99. The predicted octanol–water partition coefficient (Wildman–Crippen LogP) is 4.58. The minimum absolute atomic E-state index is 0.0376. The van der Waals surface area contributed by atoms with Crippen molar-refractivity contribution in [2.75, 3.05) is 18.4 Å². The van der Waals surface area contributed by atoms with Gasteiger partial charge >= 0.3 is 0 Å². The highest BCUT2D eigenvalue weighted by molar-refractivity contribution is 5.92. The minimum atomic E-state index is -0.344. The Kier molecular flexibility index (Phi) is 6.40. The van der Waals surface area contributed by atoms with Crippen molar-refractivity contribution < 1.29 is 9.18 Å². The first kappa shape index (κ1) is 19.3. The molecule has 1 amide bonds. The molecule has 0 fully saturated rings. The summed E-state index contributed by atoms with van der Waals surface area (Å²) in [6.45, 7) is 7.24. The molecule has 0 aliphatic carbocycles. The topological polar surface area (TPSA) is 32.3 Å². The Labute approximate surface area is 160 Å². The van der Waals surface area contributed by atoms with E-state index in [9.17, 15) is 9.18 Å². The maximum absolute atomic E-state index is 13.7. The lowest BCUT2D eigenvalue weighted by Gasteiger charge is -2.28. The molecule has 0 atom stereocenters. The quantitative estimate of drug-likeness (QED) is 0.759. The Morgan fingerprint density at radius 1 is 1.22 bits per heavy atom. The Bertz CT molecular complexity index is 829. The molecule has 0 spiro atoms. The van der Waals surface area contributed by atoms with Crippen LogP contribution in [0, 0.1) is 11.7 Å². The molecule has 1 aliphatic rings. The maximum atomic E-state index is 13.7. The standard InChI is InChI=1S/C23H27FN2O/c1-17(2)6-5-12-26-13-11-18-9-10-21(14-20(18)16-26)25-23(27)15-19-7-3-4-8-22(19)24/h3-10,14,17H,11-13,15-16H2,1-2H3,(H,25,27)/b6-5+. The zero-order valence-electron chi connectivity index (χ0n) is 16.0. The molecule has 0 aromatic heterocycles. The van der Waals surface area contributed by atoms with E-state index in [0.717, 1.165) is 31.7 Å². The van der Waals surface area contributed by atoms with Crippen LogP contribution in [-0.4, -0.2) is 23.9 Å². The van der Waals surface area contributed by atoms with Gasteiger partial charge in [0.15, 0.2) is 0 Å². The lowest BCUT2D eigenvalue weighted by Crippen LogP contribution is -2.30. The fourth-order valence-electron chi connectivity index (χ4n) is 3.35. The number of carbonyl (C=O) groups is 1. The van der Waals surface area contributed by atoms with Crippen LogP contribution in [0.2, 0.25) is 0 Å². The van der Waals surface area contributed by atoms with Gasteiger partial charge in [0, 0.05) is 25.3 Å². The molecule has 142 valence electrons. The number of halogens is 1. The van der Waals surface area contributed by atoms with E-state index in [4.69, 9.17) is 0 Å². The highest BCUT2D eigenvalue weighted by Crippen LogP contribution is 2.23. The van der Waals surface area contributed by atoms with Gasteiger partial charge in [0.05, 0.1) is 6.42 Å². The van der Waals surface area contributed by atoms with Gasteiger partial charge in [0.2, 0.25) is 5.91 Å². The van der Waals surface area contributed by atoms with Crippen LogP contribution >= 0.6 is 0 Å². The third-order valence-corrected chi connectivity index (χ3v) is 4.77. The van der Waals surface area contributed by atoms with Crippen LogP contribution in [0.1, 0.15) is 30.5 Å². The molecule has 3 rings (SSSR count). The second-order valence-electron chi connectivity index (χ2n) is 7.46. The third kappa shape index (κ3) is 5.51. The average Bonchev–Trinajstić information content (AvgIpc) is 2.63. The van der Waals surface area contributed by atoms with Gasteiger partial charge in [-0.15, -0.1) is 0 Å². The van der Waals surface area contributed by atoms with Crippen LogP contribution in [0.25, 0.3) is 0 Å². The molecule has 27 heavy (non-hydrogen) atoms. The van der Waals surface area contributed by atoms with E-state index < -0.39 is 0 Å². The van der Waals surface area contributed by atoms with E-state index in [1.54, 1.807) is 18.2 Å². The van der Waals surface area contributed by atoms with Crippen LogP contribution in [0.4, 0.5) is 10.1 Å². The Hall–Kier alpha value is -2.46. The average molecular weight is 366 g/mol. The molecule has 0 unspecified atom stereocenters. The Morgan fingerprint density at radius 3 is 2.81 bits per heavy atom. The summed E-state index contributed by atoms with van der Waals surface area (Å²) in [7, 11) is 0. The zero-order chi connectivity index (χ0) is 19.2. The number of hydrogen-bond donors (Lipinski definition) is 1. The van der Waals surface area contributed by atoms with E-state index in [1.165, 1.54) is 17.2 Å². The van der Waals surface area contributed by atoms with Crippen molar-refractivity contribution in [3.05, 3.63) is 77.1 Å². The highest BCUT2D eigenvalue weighted by atomic mass is 19.1. The largest absolute Gasteiger partial charge is 0.326 e. The van der Waals surface area contributed by atoms with Crippen LogP contribution in [0.5, 0.6) is 0 Å². The van der Waals surface area contributed by atoms with Crippen LogP contribution in [-0.2, 0) is 24.2 Å². The van der Waals surface area contributed by atoms with Crippen molar-refractivity contribution in [3.63, 3.8) is 0 Å². The smallest absolute Gasteiger partial charge is 0.228 e. The number of nitrogens with one attached hydrogen (secondary N) is 1. The molecule has 2 aromatic carbocycles. The summed E-state index contributed by atoms with van der Waals surface area (Å²) in [4.78, 5) is 14.7. The molecule has 0 saturated carbocycles. The van der Waals surface area contributed by atoms with Crippen molar-refractivity contribution in [3.8, 4) is 0 Å². The predicted molar refractivity (Wildman–Crippen MR) is 108 cm³/mol. The van der Waals surface area contributed by atoms with E-state index in [-0.39, 0.29) is 18.1 Å². The SMILES string of the molecule is CC(C)/C=C/CN1CCc2ccc(NC(=O)Cc3ccccc3F)cc2C1. The van der Waals surface area contributed by atoms with Gasteiger partial charge in [0.25, 0.3) is 0 Å². The maximum Gasteiger partial charge on any atom is 0.228 e. The summed E-state index contributed by atoms with van der Waals surface area (Å²) < 4.78 is 13.7. The normalized spacial score (nSPS) is 14.5. The van der Waals surface area contributed by atoms with E-state index >= 15 is 0 Å². The van der Waals surface area contributed by atoms with Crippen molar-refractivity contribution in [1.82, 2.24) is 4.90 Å². The number of rotatable bonds is 6. The van der Waals surface area contributed by atoms with Crippen LogP contribution < -0.4 is 5.32 Å². The molecule has 4 heteroatoms. The van der Waals surface area contributed by atoms with E-state index in [2.05, 4.69) is 42.3 Å². The second kappa shape index (κ2) is 8.96. The number of anilines is 1. The monoisotopic (exact) mass is 366 g/mol. The number of allylic oxidation sites excluding steroid dienone is 1.